The van der Waals surface area contributed by atoms with Gasteiger partial charge in [0.15, 0.2) is 5.76 Å². The van der Waals surface area contributed by atoms with Gasteiger partial charge in [-0.25, -0.2) is 13.1 Å². The number of nitrogens with zero attached hydrogens (tertiary/aromatic N) is 1. The van der Waals surface area contributed by atoms with E-state index in [1.54, 1.807) is 13.8 Å². The summed E-state index contributed by atoms with van der Waals surface area (Å²) in [5, 5.41) is 3.64. The molecular formula is C10H18N2O3S. The Morgan fingerprint density at radius 2 is 1.81 bits per heavy atom. The van der Waals surface area contributed by atoms with Crippen LogP contribution in [0.2, 0.25) is 0 Å². The van der Waals surface area contributed by atoms with Crippen LogP contribution in [0.25, 0.3) is 0 Å². The van der Waals surface area contributed by atoms with Crippen LogP contribution < -0.4 is 4.72 Å². The van der Waals surface area contributed by atoms with E-state index < -0.39 is 10.0 Å². The summed E-state index contributed by atoms with van der Waals surface area (Å²) in [5.41, 5.74) is 0.390. The Morgan fingerprint density at radius 3 is 2.19 bits per heavy atom. The van der Waals surface area contributed by atoms with E-state index in [1.807, 2.05) is 20.8 Å². The van der Waals surface area contributed by atoms with Crippen LogP contribution in [0.15, 0.2) is 9.42 Å². The van der Waals surface area contributed by atoms with E-state index in [9.17, 15) is 8.42 Å². The third kappa shape index (κ3) is 2.62. The molecule has 1 aromatic heterocycles. The highest BCUT2D eigenvalue weighted by atomic mass is 32.2. The monoisotopic (exact) mass is 246 g/mol. The van der Waals surface area contributed by atoms with Crippen LogP contribution >= 0.6 is 0 Å². The van der Waals surface area contributed by atoms with Gasteiger partial charge in [-0.2, -0.15) is 0 Å². The summed E-state index contributed by atoms with van der Waals surface area (Å²) in [4.78, 5) is 0.153. The van der Waals surface area contributed by atoms with Crippen molar-refractivity contribution < 1.29 is 12.9 Å². The molecule has 0 aliphatic rings. The summed E-state index contributed by atoms with van der Waals surface area (Å²) >= 11 is 0. The van der Waals surface area contributed by atoms with Crippen molar-refractivity contribution in [2.24, 2.45) is 5.92 Å². The molecule has 92 valence electrons. The molecule has 0 aliphatic heterocycles. The van der Waals surface area contributed by atoms with E-state index in [0.29, 0.717) is 11.5 Å². The molecule has 1 unspecified atom stereocenters. The first kappa shape index (κ1) is 13.2. The van der Waals surface area contributed by atoms with E-state index in [0.717, 1.165) is 0 Å². The van der Waals surface area contributed by atoms with Crippen LogP contribution in [0, 0.1) is 19.8 Å². The third-order valence-corrected chi connectivity index (χ3v) is 4.38. The van der Waals surface area contributed by atoms with Gasteiger partial charge in [0.1, 0.15) is 10.6 Å². The van der Waals surface area contributed by atoms with Gasteiger partial charge in [0.25, 0.3) is 0 Å². The van der Waals surface area contributed by atoms with Crippen molar-refractivity contribution in [2.45, 2.75) is 45.6 Å². The molecule has 0 aromatic carbocycles. The predicted octanol–water partition coefficient (Wildman–Crippen LogP) is 1.61. The van der Waals surface area contributed by atoms with E-state index in [-0.39, 0.29) is 16.9 Å². The van der Waals surface area contributed by atoms with Crippen molar-refractivity contribution in [3.05, 3.63) is 11.5 Å². The predicted molar refractivity (Wildman–Crippen MR) is 60.6 cm³/mol. The maximum Gasteiger partial charge on any atom is 0.246 e. The van der Waals surface area contributed by atoms with Crippen molar-refractivity contribution in [3.63, 3.8) is 0 Å². The Hall–Kier alpha value is -0.880. The Balaban J connectivity index is 3.04. The van der Waals surface area contributed by atoms with Crippen LogP contribution in [0.4, 0.5) is 0 Å². The maximum atomic E-state index is 12.0. The van der Waals surface area contributed by atoms with E-state index >= 15 is 0 Å². The zero-order valence-corrected chi connectivity index (χ0v) is 11.1. The maximum absolute atomic E-state index is 12.0. The first-order valence-corrected chi connectivity index (χ1v) is 6.69. The summed E-state index contributed by atoms with van der Waals surface area (Å²) in [6, 6.07) is -0.126. The molecule has 0 fully saturated rings. The molecule has 1 aromatic rings. The van der Waals surface area contributed by atoms with Crippen molar-refractivity contribution in [1.29, 1.82) is 0 Å². The molecule has 5 nitrogen and oxygen atoms in total. The molecule has 1 N–H and O–H groups in total. The lowest BCUT2D eigenvalue weighted by atomic mass is 10.1. The van der Waals surface area contributed by atoms with Gasteiger partial charge in [0, 0.05) is 6.04 Å². The fourth-order valence-electron chi connectivity index (χ4n) is 1.30. The molecule has 0 amide bonds. The number of aromatic nitrogens is 1. The van der Waals surface area contributed by atoms with Gasteiger partial charge in [0.2, 0.25) is 10.0 Å². The molecule has 0 saturated heterocycles. The first-order valence-electron chi connectivity index (χ1n) is 5.21. The van der Waals surface area contributed by atoms with E-state index in [2.05, 4.69) is 9.88 Å². The Labute approximate surface area is 96.3 Å². The van der Waals surface area contributed by atoms with Gasteiger partial charge in [-0.1, -0.05) is 19.0 Å². The number of nitrogens with one attached hydrogen (secondary N) is 1. The topological polar surface area (TPSA) is 72.2 Å². The van der Waals surface area contributed by atoms with Crippen LogP contribution in [0.1, 0.15) is 32.2 Å². The number of sulfonamides is 1. The number of hydrogen-bond donors (Lipinski definition) is 1. The zero-order valence-electron chi connectivity index (χ0n) is 10.2. The van der Waals surface area contributed by atoms with Crippen LogP contribution in [-0.4, -0.2) is 19.6 Å². The van der Waals surface area contributed by atoms with Gasteiger partial charge in [-0.05, 0) is 26.7 Å². The zero-order chi connectivity index (χ0) is 12.5. The molecule has 6 heteroatoms. The van der Waals surface area contributed by atoms with Crippen molar-refractivity contribution >= 4 is 10.0 Å². The highest BCUT2D eigenvalue weighted by Crippen LogP contribution is 2.19. The summed E-state index contributed by atoms with van der Waals surface area (Å²) < 4.78 is 31.5. The second kappa shape index (κ2) is 4.55. The van der Waals surface area contributed by atoms with E-state index in [1.165, 1.54) is 0 Å². The largest absolute Gasteiger partial charge is 0.360 e. The highest BCUT2D eigenvalue weighted by Gasteiger charge is 2.26. The van der Waals surface area contributed by atoms with Gasteiger partial charge in [-0.3, -0.25) is 0 Å². The minimum Gasteiger partial charge on any atom is -0.360 e. The minimum atomic E-state index is -3.53. The lowest BCUT2D eigenvalue weighted by Crippen LogP contribution is -2.36. The molecule has 1 atom stereocenters. The molecule has 0 spiro atoms. The lowest BCUT2D eigenvalue weighted by molar-refractivity contribution is 0.390. The number of hydrogen-bond acceptors (Lipinski definition) is 4. The fraction of sp³-hybridized carbons (Fsp3) is 0.700. The second-order valence-electron chi connectivity index (χ2n) is 4.31. The molecular weight excluding hydrogens is 228 g/mol. The van der Waals surface area contributed by atoms with Crippen LogP contribution in [0.5, 0.6) is 0 Å². The SMILES string of the molecule is Cc1noc(C)c1S(=O)(=O)NC(C)C(C)C. The summed E-state index contributed by atoms with van der Waals surface area (Å²) in [7, 11) is -3.53. The first-order chi connectivity index (χ1) is 7.25. The normalized spacial score (nSPS) is 14.4. The highest BCUT2D eigenvalue weighted by molar-refractivity contribution is 7.89. The Kier molecular flexibility index (Phi) is 3.75. The standard InChI is InChI=1S/C10H18N2O3S/c1-6(2)7(3)12-16(13,14)10-8(4)11-15-9(10)5/h6-7,12H,1-5H3. The average molecular weight is 246 g/mol. The third-order valence-electron chi connectivity index (χ3n) is 2.58. The van der Waals surface area contributed by atoms with Crippen molar-refractivity contribution in [1.82, 2.24) is 9.88 Å². The van der Waals surface area contributed by atoms with Crippen LogP contribution in [0.3, 0.4) is 0 Å². The molecule has 1 rings (SSSR count). The number of rotatable bonds is 4. The summed E-state index contributed by atoms with van der Waals surface area (Å²) in [6.07, 6.45) is 0. The van der Waals surface area contributed by atoms with Gasteiger partial charge in [0.05, 0.1) is 0 Å². The molecule has 1 heterocycles. The second-order valence-corrected chi connectivity index (χ2v) is 5.96. The van der Waals surface area contributed by atoms with E-state index in [4.69, 9.17) is 4.52 Å². The van der Waals surface area contributed by atoms with Crippen LogP contribution in [-0.2, 0) is 10.0 Å². The minimum absolute atomic E-state index is 0.126. The average Bonchev–Trinajstić information content (AvgIpc) is 2.45. The summed E-state index contributed by atoms with van der Waals surface area (Å²) in [6.45, 7) is 8.96. The Bertz CT molecular complexity index is 443. The van der Waals surface area contributed by atoms with Gasteiger partial charge >= 0.3 is 0 Å². The molecule has 0 aliphatic carbocycles. The summed E-state index contributed by atoms with van der Waals surface area (Å²) in [5.74, 6) is 0.552. The Morgan fingerprint density at radius 1 is 1.25 bits per heavy atom. The van der Waals surface area contributed by atoms with Crippen molar-refractivity contribution in [2.75, 3.05) is 0 Å². The van der Waals surface area contributed by atoms with Crippen molar-refractivity contribution in [3.8, 4) is 0 Å². The smallest absolute Gasteiger partial charge is 0.246 e. The molecule has 0 radical (unpaired) electrons. The molecule has 0 saturated carbocycles. The molecule has 0 bridgehead atoms. The fourth-order valence-corrected chi connectivity index (χ4v) is 3.02. The number of aryl methyl sites for hydroxylation is 2. The molecule has 16 heavy (non-hydrogen) atoms. The lowest BCUT2D eigenvalue weighted by Gasteiger charge is -2.17. The van der Waals surface area contributed by atoms with Gasteiger partial charge < -0.3 is 4.52 Å². The van der Waals surface area contributed by atoms with Gasteiger partial charge in [-0.15, -0.1) is 0 Å². The quantitative estimate of drug-likeness (QED) is 0.876.